The van der Waals surface area contributed by atoms with Gasteiger partial charge in [0.2, 0.25) is 0 Å². The molecule has 1 N–H and O–H groups in total. The van der Waals surface area contributed by atoms with Gasteiger partial charge in [-0.25, -0.2) is 0 Å². The number of likely N-dealkylation sites (N-methyl/N-ethyl adjacent to an activating group) is 2. The molecule has 0 aromatic heterocycles. The van der Waals surface area contributed by atoms with Gasteiger partial charge in [0.1, 0.15) is 12.4 Å². The fourth-order valence-electron chi connectivity index (χ4n) is 3.10. The van der Waals surface area contributed by atoms with Crippen molar-refractivity contribution in [2.45, 2.75) is 18.4 Å². The van der Waals surface area contributed by atoms with Crippen LogP contribution in [-0.4, -0.2) is 82.4 Å². The molecule has 1 heterocycles. The first kappa shape index (κ1) is 20.8. The van der Waals surface area contributed by atoms with E-state index in [2.05, 4.69) is 34.2 Å². The fourth-order valence-corrected chi connectivity index (χ4v) is 3.22. The molecule has 1 aromatic carbocycles. The minimum absolute atomic E-state index is 0.106. The summed E-state index contributed by atoms with van der Waals surface area (Å²) < 4.78 is 11.3. The van der Waals surface area contributed by atoms with Crippen molar-refractivity contribution in [2.24, 2.45) is 4.99 Å². The van der Waals surface area contributed by atoms with E-state index in [1.165, 1.54) is 0 Å². The molecule has 1 aliphatic rings. The van der Waals surface area contributed by atoms with Crippen molar-refractivity contribution in [2.75, 3.05) is 61.1 Å². The Kier molecular flexibility index (Phi) is 8.00. The Morgan fingerprint density at radius 2 is 1.88 bits per heavy atom. The number of halogens is 1. The van der Waals surface area contributed by atoms with Gasteiger partial charge in [-0.2, -0.15) is 0 Å². The van der Waals surface area contributed by atoms with Crippen molar-refractivity contribution < 1.29 is 9.47 Å². The van der Waals surface area contributed by atoms with Gasteiger partial charge in [0.15, 0.2) is 5.96 Å². The topological polar surface area (TPSA) is 49.3 Å². The van der Waals surface area contributed by atoms with Crippen molar-refractivity contribution in [3.63, 3.8) is 0 Å². The quantitative estimate of drug-likeness (QED) is 0.579. The Morgan fingerprint density at radius 3 is 2.46 bits per heavy atom. The van der Waals surface area contributed by atoms with Crippen molar-refractivity contribution in [3.05, 3.63) is 29.3 Å². The molecule has 0 atom stereocenters. The van der Waals surface area contributed by atoms with Gasteiger partial charge in [0.25, 0.3) is 0 Å². The molecule has 7 heteroatoms. The molecule has 26 heavy (non-hydrogen) atoms. The van der Waals surface area contributed by atoms with Crippen LogP contribution in [0.2, 0.25) is 5.02 Å². The van der Waals surface area contributed by atoms with Crippen LogP contribution in [0.1, 0.15) is 12.8 Å². The summed E-state index contributed by atoms with van der Waals surface area (Å²) in [5.74, 6) is 1.69. The Labute approximate surface area is 162 Å². The molecule has 0 bridgehead atoms. The maximum Gasteiger partial charge on any atom is 0.193 e. The number of hydrogen-bond donors (Lipinski definition) is 1. The molecule has 6 nitrogen and oxygen atoms in total. The highest BCUT2D eigenvalue weighted by Crippen LogP contribution is 2.25. The Bertz CT molecular complexity index is 571. The molecule has 0 radical (unpaired) electrons. The van der Waals surface area contributed by atoms with Crippen LogP contribution in [0.3, 0.4) is 0 Å². The van der Waals surface area contributed by atoms with Crippen LogP contribution in [0.15, 0.2) is 29.3 Å². The van der Waals surface area contributed by atoms with Crippen LogP contribution in [0.4, 0.5) is 0 Å². The van der Waals surface area contributed by atoms with E-state index < -0.39 is 0 Å². The third kappa shape index (κ3) is 5.76. The maximum absolute atomic E-state index is 5.89. The van der Waals surface area contributed by atoms with Gasteiger partial charge in [-0.1, -0.05) is 11.6 Å². The lowest BCUT2D eigenvalue weighted by molar-refractivity contribution is -0.00522. The average Bonchev–Trinajstić information content (AvgIpc) is 2.64. The number of ether oxygens (including phenoxy) is 2. The van der Waals surface area contributed by atoms with Crippen LogP contribution in [-0.2, 0) is 4.74 Å². The summed E-state index contributed by atoms with van der Waals surface area (Å²) in [5.41, 5.74) is 0.106. The molecule has 0 amide bonds. The zero-order valence-corrected chi connectivity index (χ0v) is 17.1. The second kappa shape index (κ2) is 10.00. The molecule has 0 spiro atoms. The monoisotopic (exact) mass is 382 g/mol. The third-order valence-electron chi connectivity index (χ3n) is 5.03. The highest BCUT2D eigenvalue weighted by Gasteiger charge is 2.35. The lowest BCUT2D eigenvalue weighted by Crippen LogP contribution is -2.57. The summed E-state index contributed by atoms with van der Waals surface area (Å²) in [7, 11) is 8.11. The highest BCUT2D eigenvalue weighted by atomic mass is 35.5. The van der Waals surface area contributed by atoms with Crippen LogP contribution < -0.4 is 10.1 Å². The third-order valence-corrected chi connectivity index (χ3v) is 5.28. The molecular formula is C19H31ClN4O2. The van der Waals surface area contributed by atoms with Crippen LogP contribution in [0.25, 0.3) is 0 Å². The van der Waals surface area contributed by atoms with Crippen LogP contribution >= 0.6 is 11.6 Å². The maximum atomic E-state index is 5.89. The minimum Gasteiger partial charge on any atom is -0.492 e. The number of hydrogen-bond acceptors (Lipinski definition) is 4. The van der Waals surface area contributed by atoms with Gasteiger partial charge in [-0.05, 0) is 51.2 Å². The van der Waals surface area contributed by atoms with E-state index in [-0.39, 0.29) is 5.54 Å². The van der Waals surface area contributed by atoms with Crippen molar-refractivity contribution in [3.8, 4) is 5.75 Å². The number of guanidine groups is 1. The first-order valence-electron chi connectivity index (χ1n) is 9.02. The summed E-state index contributed by atoms with van der Waals surface area (Å²) >= 11 is 5.89. The van der Waals surface area contributed by atoms with Gasteiger partial charge in [-0.15, -0.1) is 0 Å². The Hall–Kier alpha value is -1.50. The predicted octanol–water partition coefficient (Wildman–Crippen LogP) is 2.34. The Morgan fingerprint density at radius 1 is 1.23 bits per heavy atom. The van der Waals surface area contributed by atoms with E-state index in [0.29, 0.717) is 11.6 Å². The molecule has 0 aliphatic carbocycles. The van der Waals surface area contributed by atoms with E-state index in [0.717, 1.165) is 50.9 Å². The van der Waals surface area contributed by atoms with Gasteiger partial charge < -0.3 is 24.6 Å². The SMILES string of the molecule is CN=C(NCC1(N(C)C)CCOCC1)N(C)CCOc1ccc(Cl)cc1. The Balaban J connectivity index is 1.82. The summed E-state index contributed by atoms with van der Waals surface area (Å²) in [5, 5.41) is 4.23. The van der Waals surface area contributed by atoms with Crippen LogP contribution in [0, 0.1) is 0 Å². The summed E-state index contributed by atoms with van der Waals surface area (Å²) in [4.78, 5) is 8.80. The van der Waals surface area contributed by atoms with Crippen molar-refractivity contribution in [1.29, 1.82) is 0 Å². The van der Waals surface area contributed by atoms with E-state index in [9.17, 15) is 0 Å². The second-order valence-electron chi connectivity index (χ2n) is 6.86. The average molecular weight is 383 g/mol. The lowest BCUT2D eigenvalue weighted by atomic mass is 9.88. The summed E-state index contributed by atoms with van der Waals surface area (Å²) in [6, 6.07) is 7.41. The largest absolute Gasteiger partial charge is 0.492 e. The van der Waals surface area contributed by atoms with E-state index in [1.807, 2.05) is 38.4 Å². The lowest BCUT2D eigenvalue weighted by Gasteiger charge is -2.43. The molecule has 1 aliphatic heterocycles. The molecule has 0 saturated carbocycles. The van der Waals surface area contributed by atoms with Gasteiger partial charge in [0.05, 0.1) is 6.54 Å². The number of nitrogens with one attached hydrogen (secondary N) is 1. The number of nitrogens with zero attached hydrogens (tertiary/aromatic N) is 3. The number of aliphatic imine (C=N–C) groups is 1. The molecule has 146 valence electrons. The zero-order chi connectivity index (χ0) is 19.0. The van der Waals surface area contributed by atoms with E-state index in [1.54, 1.807) is 0 Å². The van der Waals surface area contributed by atoms with E-state index >= 15 is 0 Å². The second-order valence-corrected chi connectivity index (χ2v) is 7.29. The number of benzene rings is 1. The molecular weight excluding hydrogens is 352 g/mol. The standard InChI is InChI=1S/C19H31ClN4O2/c1-21-18(22-15-19(23(2)3)9-12-25-13-10-19)24(4)11-14-26-17-7-5-16(20)6-8-17/h5-8H,9-15H2,1-4H3,(H,21,22). The minimum atomic E-state index is 0.106. The molecule has 1 saturated heterocycles. The number of rotatable bonds is 7. The molecule has 1 aromatic rings. The van der Waals surface area contributed by atoms with E-state index in [4.69, 9.17) is 21.1 Å². The highest BCUT2D eigenvalue weighted by molar-refractivity contribution is 6.30. The first-order valence-corrected chi connectivity index (χ1v) is 9.40. The summed E-state index contributed by atoms with van der Waals surface area (Å²) in [6.07, 6.45) is 2.04. The van der Waals surface area contributed by atoms with Gasteiger partial charge >= 0.3 is 0 Å². The predicted molar refractivity (Wildman–Crippen MR) is 107 cm³/mol. The molecule has 1 fully saturated rings. The van der Waals surface area contributed by atoms with Crippen molar-refractivity contribution >= 4 is 17.6 Å². The van der Waals surface area contributed by atoms with Gasteiger partial charge in [0, 0.05) is 44.4 Å². The zero-order valence-electron chi connectivity index (χ0n) is 16.3. The van der Waals surface area contributed by atoms with Crippen molar-refractivity contribution in [1.82, 2.24) is 15.1 Å². The summed E-state index contributed by atoms with van der Waals surface area (Å²) in [6.45, 7) is 3.77. The molecule has 2 rings (SSSR count). The normalized spacial score (nSPS) is 17.2. The fraction of sp³-hybridized carbons (Fsp3) is 0.632. The molecule has 0 unspecified atom stereocenters. The first-order chi connectivity index (χ1) is 12.5. The van der Waals surface area contributed by atoms with Gasteiger partial charge in [-0.3, -0.25) is 4.99 Å². The van der Waals surface area contributed by atoms with Crippen LogP contribution in [0.5, 0.6) is 5.75 Å². The smallest absolute Gasteiger partial charge is 0.193 e.